The lowest BCUT2D eigenvalue weighted by Gasteiger charge is -2.14. The normalized spacial score (nSPS) is 10.7. The molecule has 4 amide bonds. The third-order valence-electron chi connectivity index (χ3n) is 7.22. The van der Waals surface area contributed by atoms with E-state index in [1.165, 1.54) is 18.4 Å². The number of carbonyl (C=O) groups excluding carboxylic acids is 4. The van der Waals surface area contributed by atoms with Crippen LogP contribution in [0.15, 0.2) is 72.9 Å². The van der Waals surface area contributed by atoms with Gasteiger partial charge in [-0.25, -0.2) is 0 Å². The summed E-state index contributed by atoms with van der Waals surface area (Å²) < 4.78 is 13.7. The predicted molar refractivity (Wildman–Crippen MR) is 185 cm³/mol. The van der Waals surface area contributed by atoms with E-state index < -0.39 is 0 Å². The molecule has 0 saturated carbocycles. The van der Waals surface area contributed by atoms with Crippen LogP contribution in [-0.4, -0.2) is 42.4 Å². The topological polar surface area (TPSA) is 166 Å². The number of aryl methyl sites for hydroxylation is 2. The van der Waals surface area contributed by atoms with Crippen molar-refractivity contribution in [1.29, 1.82) is 0 Å². The zero-order valence-corrected chi connectivity index (χ0v) is 26.8. The molecule has 47 heavy (non-hydrogen) atoms. The van der Waals surface area contributed by atoms with Crippen molar-refractivity contribution in [2.45, 2.75) is 19.8 Å². The second kappa shape index (κ2) is 14.5. The molecule has 5 aromatic rings. The molecule has 0 aliphatic carbocycles. The van der Waals surface area contributed by atoms with Gasteiger partial charge in [-0.1, -0.05) is 0 Å². The van der Waals surface area contributed by atoms with E-state index >= 15 is 0 Å². The summed E-state index contributed by atoms with van der Waals surface area (Å²) in [7, 11) is 3.25. The molecule has 242 valence electrons. The van der Waals surface area contributed by atoms with Gasteiger partial charge in [0.1, 0.15) is 5.69 Å². The number of hydrogen-bond donors (Lipinski definition) is 5. The number of aromatic nitrogens is 1. The Bertz CT molecular complexity index is 1950. The number of ether oxygens (including phenoxy) is 2. The molecule has 0 saturated heterocycles. The number of carbonyl (C=O) groups is 4. The summed E-state index contributed by atoms with van der Waals surface area (Å²) in [5.74, 6) is 0.162. The number of hydrogen-bond acceptors (Lipinski definition) is 8. The summed E-state index contributed by atoms with van der Waals surface area (Å²) in [5.41, 5.74) is 9.80. The van der Waals surface area contributed by atoms with Crippen molar-refractivity contribution in [3.05, 3.63) is 89.1 Å². The van der Waals surface area contributed by atoms with Crippen molar-refractivity contribution in [2.75, 3.05) is 40.7 Å². The van der Waals surface area contributed by atoms with Crippen LogP contribution in [0.2, 0.25) is 0 Å². The van der Waals surface area contributed by atoms with E-state index in [1.54, 1.807) is 72.4 Å². The van der Waals surface area contributed by atoms with Gasteiger partial charge in [0.2, 0.25) is 12.3 Å². The highest BCUT2D eigenvalue weighted by Gasteiger charge is 2.16. The summed E-state index contributed by atoms with van der Waals surface area (Å²) >= 11 is 1.35. The fourth-order valence-electron chi connectivity index (χ4n) is 4.84. The maximum Gasteiger partial charge on any atom is 0.272 e. The molecule has 0 unspecified atom stereocenters. The minimum atomic E-state index is -0.354. The summed E-state index contributed by atoms with van der Waals surface area (Å²) in [6.07, 6.45) is 2.87. The van der Waals surface area contributed by atoms with Crippen molar-refractivity contribution < 1.29 is 28.7 Å². The van der Waals surface area contributed by atoms with Crippen molar-refractivity contribution in [3.8, 4) is 11.5 Å². The van der Waals surface area contributed by atoms with Crippen LogP contribution < -0.4 is 36.5 Å². The fourth-order valence-corrected chi connectivity index (χ4v) is 5.78. The average Bonchev–Trinajstić information content (AvgIpc) is 3.64. The highest BCUT2D eigenvalue weighted by Crippen LogP contribution is 2.33. The molecule has 0 fully saturated rings. The van der Waals surface area contributed by atoms with Crippen molar-refractivity contribution in [1.82, 2.24) is 4.57 Å². The van der Waals surface area contributed by atoms with Crippen LogP contribution in [0, 0.1) is 6.92 Å². The van der Waals surface area contributed by atoms with E-state index in [-0.39, 0.29) is 30.7 Å². The van der Waals surface area contributed by atoms with Gasteiger partial charge >= 0.3 is 0 Å². The number of amides is 4. The summed E-state index contributed by atoms with van der Waals surface area (Å²) in [4.78, 5) is 49.9. The van der Waals surface area contributed by atoms with E-state index in [0.717, 1.165) is 15.6 Å². The largest absolute Gasteiger partial charge is 0.493 e. The fraction of sp³-hybridized carbons (Fsp3) is 0.176. The first-order valence-electron chi connectivity index (χ1n) is 14.6. The Labute approximate surface area is 274 Å². The second-order valence-electron chi connectivity index (χ2n) is 10.7. The van der Waals surface area contributed by atoms with E-state index in [0.29, 0.717) is 63.3 Å². The molecule has 0 spiro atoms. The lowest BCUT2D eigenvalue weighted by Crippen LogP contribution is -2.15. The lowest BCUT2D eigenvalue weighted by molar-refractivity contribution is -0.116. The van der Waals surface area contributed by atoms with Crippen LogP contribution in [0.5, 0.6) is 11.5 Å². The number of fused-ring (bicyclic) bond motifs is 1. The average molecular weight is 655 g/mol. The van der Waals surface area contributed by atoms with Crippen LogP contribution in [0.1, 0.15) is 38.6 Å². The van der Waals surface area contributed by atoms with Crippen LogP contribution in [0.3, 0.4) is 0 Å². The number of nitrogen functional groups attached to an aromatic ring is 1. The molecule has 0 atom stereocenters. The molecule has 5 rings (SSSR count). The lowest BCUT2D eigenvalue weighted by atomic mass is 10.1. The van der Waals surface area contributed by atoms with Gasteiger partial charge in [-0.3, -0.25) is 19.2 Å². The summed E-state index contributed by atoms with van der Waals surface area (Å²) in [6.45, 7) is 2.09. The first-order chi connectivity index (χ1) is 22.6. The Hall–Kier alpha value is -5.82. The van der Waals surface area contributed by atoms with Gasteiger partial charge in [0.05, 0.1) is 24.3 Å². The summed E-state index contributed by atoms with van der Waals surface area (Å²) in [5, 5.41) is 12.0. The molecule has 0 aliphatic rings. The first kappa shape index (κ1) is 32.6. The quantitative estimate of drug-likeness (QED) is 0.0589. The number of anilines is 5. The molecule has 2 aromatic heterocycles. The minimum absolute atomic E-state index is 0.185. The SMILES string of the molecule is COc1cc(C)c(NC=O)cc1OCCCC(=O)Nc1cc(C(=O)Nc2ccc3sc(C(=O)Nc4ccc(N)cc4)cc3c2)n(C)c1. The zero-order valence-electron chi connectivity index (χ0n) is 26.0. The number of methoxy groups -OCH3 is 1. The molecule has 12 nitrogen and oxygen atoms in total. The Morgan fingerprint density at radius 3 is 2.38 bits per heavy atom. The second-order valence-corrected chi connectivity index (χ2v) is 11.8. The van der Waals surface area contributed by atoms with Gasteiger partial charge in [-0.15, -0.1) is 11.3 Å². The van der Waals surface area contributed by atoms with Crippen LogP contribution in [-0.2, 0) is 16.6 Å². The van der Waals surface area contributed by atoms with Crippen molar-refractivity contribution >= 4 is 74.0 Å². The van der Waals surface area contributed by atoms with Crippen molar-refractivity contribution in [3.63, 3.8) is 0 Å². The molecule has 6 N–H and O–H groups in total. The highest BCUT2D eigenvalue weighted by molar-refractivity contribution is 7.20. The molecular weight excluding hydrogens is 620 g/mol. The number of rotatable bonds is 13. The van der Waals surface area contributed by atoms with Gasteiger partial charge in [0.15, 0.2) is 11.5 Å². The van der Waals surface area contributed by atoms with E-state index in [4.69, 9.17) is 15.2 Å². The van der Waals surface area contributed by atoms with Crippen LogP contribution in [0.25, 0.3) is 10.1 Å². The maximum atomic E-state index is 13.1. The highest BCUT2D eigenvalue weighted by atomic mass is 32.1. The third-order valence-corrected chi connectivity index (χ3v) is 8.33. The minimum Gasteiger partial charge on any atom is -0.493 e. The number of nitrogens with two attached hydrogens (primary N) is 1. The third kappa shape index (κ3) is 8.07. The molecule has 0 bridgehead atoms. The van der Waals surface area contributed by atoms with Crippen LogP contribution >= 0.6 is 11.3 Å². The smallest absolute Gasteiger partial charge is 0.272 e. The predicted octanol–water partition coefficient (Wildman–Crippen LogP) is 6.01. The van der Waals surface area contributed by atoms with Gasteiger partial charge < -0.3 is 41.0 Å². The maximum absolute atomic E-state index is 13.1. The standard InChI is InChI=1S/C34H34N6O6S/c1-20-13-28(45-3)29(17-26(20)36-19-41)46-12-4-5-32(42)37-25-16-27(40(2)18-25)33(43)39-24-10-11-30-21(14-24)15-31(47-30)34(44)38-23-8-6-22(35)7-9-23/h6-11,13-19H,4-5,12,35H2,1-3H3,(H,36,41)(H,37,42)(H,38,44)(H,39,43). The molecule has 2 heterocycles. The zero-order chi connectivity index (χ0) is 33.5. The molecule has 3 aromatic carbocycles. The number of nitrogens with one attached hydrogen (secondary N) is 4. The molecule has 0 aliphatic heterocycles. The van der Waals surface area contributed by atoms with Crippen LogP contribution in [0.4, 0.5) is 28.4 Å². The van der Waals surface area contributed by atoms with Gasteiger partial charge in [-0.2, -0.15) is 0 Å². The van der Waals surface area contributed by atoms with Gasteiger partial charge in [0.25, 0.3) is 11.8 Å². The van der Waals surface area contributed by atoms with E-state index in [1.807, 2.05) is 19.1 Å². The van der Waals surface area contributed by atoms with E-state index in [2.05, 4.69) is 21.3 Å². The monoisotopic (exact) mass is 654 g/mol. The van der Waals surface area contributed by atoms with Gasteiger partial charge in [0, 0.05) is 53.2 Å². The first-order valence-corrected chi connectivity index (χ1v) is 15.4. The Kier molecular flexibility index (Phi) is 10.1. The number of thiophene rings is 1. The molecule has 13 heteroatoms. The van der Waals surface area contributed by atoms with Gasteiger partial charge in [-0.05, 0) is 85.0 Å². The van der Waals surface area contributed by atoms with E-state index in [9.17, 15) is 19.2 Å². The Morgan fingerprint density at radius 1 is 0.894 bits per heavy atom. The summed E-state index contributed by atoms with van der Waals surface area (Å²) in [6, 6.07) is 19.2. The molecular formula is C34H34N6O6S. The number of benzene rings is 3. The number of nitrogens with zero attached hydrogens (tertiary/aromatic N) is 1. The van der Waals surface area contributed by atoms with Crippen molar-refractivity contribution in [2.24, 2.45) is 7.05 Å². The Morgan fingerprint density at radius 2 is 1.64 bits per heavy atom. The Balaban J connectivity index is 1.14. The molecule has 0 radical (unpaired) electrons.